The van der Waals surface area contributed by atoms with Crippen LogP contribution in [0.4, 0.5) is 4.39 Å². The lowest BCUT2D eigenvalue weighted by atomic mass is 9.97. The first-order valence-electron chi connectivity index (χ1n) is 9.17. The van der Waals surface area contributed by atoms with Gasteiger partial charge in [-0.3, -0.25) is 9.20 Å². The maximum Gasteiger partial charge on any atom is 0.258 e. The van der Waals surface area contributed by atoms with Gasteiger partial charge in [0.1, 0.15) is 5.82 Å². The number of nitrogens with zero attached hydrogens (tertiary/aromatic N) is 2. The third-order valence-electron chi connectivity index (χ3n) is 4.75. The molecule has 0 aliphatic carbocycles. The Morgan fingerprint density at radius 2 is 1.96 bits per heavy atom. The van der Waals surface area contributed by atoms with Gasteiger partial charge in [-0.1, -0.05) is 43.3 Å². The highest BCUT2D eigenvalue weighted by Crippen LogP contribution is 2.24. The molecule has 4 aromatic rings. The summed E-state index contributed by atoms with van der Waals surface area (Å²) in [6, 6.07) is 16.2. The molecule has 1 atom stereocenters. The summed E-state index contributed by atoms with van der Waals surface area (Å²) in [6.45, 7) is 2.52. The van der Waals surface area contributed by atoms with Crippen molar-refractivity contribution in [2.45, 2.75) is 25.9 Å². The minimum Gasteiger partial charge on any atom is -0.301 e. The van der Waals surface area contributed by atoms with E-state index >= 15 is 0 Å². The van der Waals surface area contributed by atoms with E-state index in [4.69, 9.17) is 0 Å². The Kier molecular flexibility index (Phi) is 5.32. The maximum absolute atomic E-state index is 13.8. The molecule has 0 saturated carbocycles. The van der Waals surface area contributed by atoms with Crippen molar-refractivity contribution in [2.24, 2.45) is 0 Å². The van der Waals surface area contributed by atoms with E-state index in [0.29, 0.717) is 17.2 Å². The number of hydrogen-bond acceptors (Lipinski definition) is 4. The maximum atomic E-state index is 13.8. The van der Waals surface area contributed by atoms with Crippen LogP contribution >= 0.6 is 11.3 Å². The van der Waals surface area contributed by atoms with Gasteiger partial charge in [0.2, 0.25) is 0 Å². The average Bonchev–Trinajstić information content (AvgIpc) is 3.18. The molecule has 28 heavy (non-hydrogen) atoms. The zero-order chi connectivity index (χ0) is 19.5. The molecule has 6 heteroatoms. The number of halogens is 1. The van der Waals surface area contributed by atoms with E-state index in [-0.39, 0.29) is 17.4 Å². The molecular weight excluding hydrogens is 373 g/mol. The van der Waals surface area contributed by atoms with Gasteiger partial charge in [-0.2, -0.15) is 0 Å². The monoisotopic (exact) mass is 393 g/mol. The molecule has 0 amide bonds. The van der Waals surface area contributed by atoms with Gasteiger partial charge in [0.15, 0.2) is 4.96 Å². The van der Waals surface area contributed by atoms with E-state index in [9.17, 15) is 9.18 Å². The van der Waals surface area contributed by atoms with E-state index < -0.39 is 0 Å². The minimum absolute atomic E-state index is 0.0994. The van der Waals surface area contributed by atoms with E-state index in [1.165, 1.54) is 39.5 Å². The van der Waals surface area contributed by atoms with Gasteiger partial charge >= 0.3 is 0 Å². The second kappa shape index (κ2) is 8.04. The van der Waals surface area contributed by atoms with Crippen LogP contribution in [0.3, 0.4) is 0 Å². The second-order valence-corrected chi connectivity index (χ2v) is 7.48. The van der Waals surface area contributed by atoms with Crippen molar-refractivity contribution >= 4 is 16.3 Å². The molecule has 1 N–H and O–H groups in total. The summed E-state index contributed by atoms with van der Waals surface area (Å²) in [5, 5.41) is 5.28. The van der Waals surface area contributed by atoms with Crippen molar-refractivity contribution in [3.8, 4) is 0 Å². The fraction of sp³-hybridized carbons (Fsp3) is 0.182. The number of thiazole rings is 1. The van der Waals surface area contributed by atoms with Crippen molar-refractivity contribution < 1.29 is 4.39 Å². The molecule has 0 saturated heterocycles. The standard InChI is InChI=1S/C22H20FN3OS/c1-2-15-6-8-16(9-7-15)21(17-4-3-5-18(23)12-17)24-14-19-13-20(27)26-10-11-28-22(26)25-19/h3-13,21,24H,2,14H2,1H3/t21-/m0/s1. The van der Waals surface area contributed by atoms with Crippen molar-refractivity contribution in [1.29, 1.82) is 0 Å². The van der Waals surface area contributed by atoms with Gasteiger partial charge in [0, 0.05) is 24.2 Å². The quantitative estimate of drug-likeness (QED) is 0.530. The molecule has 4 rings (SSSR count). The normalized spacial score (nSPS) is 12.4. The van der Waals surface area contributed by atoms with Crippen LogP contribution in [-0.4, -0.2) is 9.38 Å². The molecule has 0 spiro atoms. The third kappa shape index (κ3) is 3.88. The Morgan fingerprint density at radius 1 is 1.14 bits per heavy atom. The van der Waals surface area contributed by atoms with Gasteiger partial charge in [-0.15, -0.1) is 11.3 Å². The molecular formula is C22H20FN3OS. The van der Waals surface area contributed by atoms with Crippen LogP contribution in [0.25, 0.3) is 4.96 Å². The molecule has 2 heterocycles. The highest BCUT2D eigenvalue weighted by Gasteiger charge is 2.15. The first kappa shape index (κ1) is 18.5. The van der Waals surface area contributed by atoms with Crippen LogP contribution in [0.5, 0.6) is 0 Å². The zero-order valence-corrected chi connectivity index (χ0v) is 16.2. The van der Waals surface area contributed by atoms with Gasteiger partial charge in [-0.05, 0) is 35.2 Å². The Hall–Kier alpha value is -2.83. The molecule has 4 nitrogen and oxygen atoms in total. The number of benzene rings is 2. The molecule has 2 aromatic carbocycles. The highest BCUT2D eigenvalue weighted by molar-refractivity contribution is 7.15. The van der Waals surface area contributed by atoms with Crippen LogP contribution in [-0.2, 0) is 13.0 Å². The Labute approximate surface area is 166 Å². The second-order valence-electron chi connectivity index (χ2n) is 6.61. The Morgan fingerprint density at radius 3 is 2.71 bits per heavy atom. The average molecular weight is 393 g/mol. The van der Waals surface area contributed by atoms with Crippen LogP contribution in [0.2, 0.25) is 0 Å². The Balaban J connectivity index is 1.65. The molecule has 0 fully saturated rings. The predicted molar refractivity (Wildman–Crippen MR) is 110 cm³/mol. The van der Waals surface area contributed by atoms with Crippen LogP contribution in [0.1, 0.15) is 35.3 Å². The number of aromatic nitrogens is 2. The predicted octanol–water partition coefficient (Wildman–Crippen LogP) is 4.34. The molecule has 0 aliphatic heterocycles. The molecule has 0 bridgehead atoms. The first-order chi connectivity index (χ1) is 13.6. The van der Waals surface area contributed by atoms with Crippen LogP contribution in [0, 0.1) is 5.82 Å². The highest BCUT2D eigenvalue weighted by atomic mass is 32.1. The summed E-state index contributed by atoms with van der Waals surface area (Å²) in [4.78, 5) is 17.4. The third-order valence-corrected chi connectivity index (χ3v) is 5.50. The molecule has 0 unspecified atom stereocenters. The zero-order valence-electron chi connectivity index (χ0n) is 15.4. The topological polar surface area (TPSA) is 46.4 Å². The lowest BCUT2D eigenvalue weighted by Crippen LogP contribution is -2.24. The fourth-order valence-electron chi connectivity index (χ4n) is 3.25. The molecule has 142 valence electrons. The van der Waals surface area contributed by atoms with E-state index in [0.717, 1.165) is 17.5 Å². The summed E-state index contributed by atoms with van der Waals surface area (Å²) < 4.78 is 15.4. The molecule has 2 aromatic heterocycles. The van der Waals surface area contributed by atoms with Crippen molar-refractivity contribution in [3.63, 3.8) is 0 Å². The summed E-state index contributed by atoms with van der Waals surface area (Å²) in [7, 11) is 0. The van der Waals surface area contributed by atoms with Gasteiger partial charge in [0.25, 0.3) is 5.56 Å². The van der Waals surface area contributed by atoms with Gasteiger partial charge in [-0.25, -0.2) is 9.37 Å². The van der Waals surface area contributed by atoms with E-state index in [1.807, 2.05) is 11.4 Å². The number of fused-ring (bicyclic) bond motifs is 1. The fourth-order valence-corrected chi connectivity index (χ4v) is 3.98. The van der Waals surface area contributed by atoms with Gasteiger partial charge < -0.3 is 5.32 Å². The van der Waals surface area contributed by atoms with E-state index in [2.05, 4.69) is 41.5 Å². The summed E-state index contributed by atoms with van der Waals surface area (Å²) in [5.41, 5.74) is 3.69. The summed E-state index contributed by atoms with van der Waals surface area (Å²) in [6.07, 6.45) is 2.68. The van der Waals surface area contributed by atoms with Crippen molar-refractivity contribution in [3.05, 3.63) is 105 Å². The largest absolute Gasteiger partial charge is 0.301 e. The number of rotatable bonds is 6. The Bertz CT molecular complexity index is 1150. The SMILES string of the molecule is CCc1ccc([C@H](NCc2cc(=O)n3ccsc3n2)c2cccc(F)c2)cc1. The molecule has 0 aliphatic rings. The van der Waals surface area contributed by atoms with Crippen LogP contribution < -0.4 is 10.9 Å². The lowest BCUT2D eigenvalue weighted by Gasteiger charge is -2.20. The van der Waals surface area contributed by atoms with E-state index in [1.54, 1.807) is 12.3 Å². The minimum atomic E-state index is -0.272. The summed E-state index contributed by atoms with van der Waals surface area (Å²) >= 11 is 1.42. The first-order valence-corrected chi connectivity index (χ1v) is 10.1. The van der Waals surface area contributed by atoms with Crippen molar-refractivity contribution in [2.75, 3.05) is 0 Å². The lowest BCUT2D eigenvalue weighted by molar-refractivity contribution is 0.583. The number of nitrogens with one attached hydrogen (secondary N) is 1. The van der Waals surface area contributed by atoms with Gasteiger partial charge in [0.05, 0.1) is 11.7 Å². The smallest absolute Gasteiger partial charge is 0.258 e. The number of aryl methyl sites for hydroxylation is 1. The summed E-state index contributed by atoms with van der Waals surface area (Å²) in [5.74, 6) is -0.272. The van der Waals surface area contributed by atoms with Crippen molar-refractivity contribution in [1.82, 2.24) is 14.7 Å². The number of hydrogen-bond donors (Lipinski definition) is 1. The molecule has 0 radical (unpaired) electrons. The van der Waals surface area contributed by atoms with Crippen LogP contribution in [0.15, 0.2) is 71.0 Å².